The maximum Gasteiger partial charge on any atom is 0.138 e. The Balaban J connectivity index is 2.28. The van der Waals surface area contributed by atoms with E-state index < -0.39 is 0 Å². The Kier molecular flexibility index (Phi) is 6.62. The molecule has 1 atom stereocenters. The number of halogens is 2. The molecule has 5 heteroatoms. The summed E-state index contributed by atoms with van der Waals surface area (Å²) in [5.74, 6) is 1.14. The first-order chi connectivity index (χ1) is 10.2. The molecule has 1 saturated heterocycles. The highest BCUT2D eigenvalue weighted by molar-refractivity contribution is 6.34. The lowest BCUT2D eigenvalue weighted by Gasteiger charge is -2.32. The third-order valence-electron chi connectivity index (χ3n) is 3.96. The van der Waals surface area contributed by atoms with E-state index in [4.69, 9.17) is 32.7 Å². The molecule has 3 nitrogen and oxygen atoms in total. The van der Waals surface area contributed by atoms with Crippen molar-refractivity contribution in [1.82, 2.24) is 5.32 Å². The predicted molar refractivity (Wildman–Crippen MR) is 87.6 cm³/mol. The first-order valence-corrected chi connectivity index (χ1v) is 8.27. The smallest absolute Gasteiger partial charge is 0.138 e. The van der Waals surface area contributed by atoms with E-state index in [2.05, 4.69) is 12.2 Å². The zero-order valence-electron chi connectivity index (χ0n) is 12.6. The van der Waals surface area contributed by atoms with Crippen LogP contribution in [0.15, 0.2) is 12.1 Å². The van der Waals surface area contributed by atoms with Crippen molar-refractivity contribution in [3.8, 4) is 5.75 Å². The van der Waals surface area contributed by atoms with E-state index in [0.717, 1.165) is 44.6 Å². The second-order valence-corrected chi connectivity index (χ2v) is 6.20. The summed E-state index contributed by atoms with van der Waals surface area (Å²) in [4.78, 5) is 0. The van der Waals surface area contributed by atoms with Crippen LogP contribution in [0.2, 0.25) is 10.0 Å². The quantitative estimate of drug-likeness (QED) is 0.834. The Hall–Kier alpha value is -0.480. The monoisotopic (exact) mass is 331 g/mol. The fraction of sp³-hybridized carbons (Fsp3) is 0.625. The second-order valence-electron chi connectivity index (χ2n) is 5.39. The average molecular weight is 332 g/mol. The molecule has 1 fully saturated rings. The van der Waals surface area contributed by atoms with Crippen LogP contribution >= 0.6 is 23.2 Å². The van der Waals surface area contributed by atoms with E-state index in [1.165, 1.54) is 0 Å². The zero-order valence-corrected chi connectivity index (χ0v) is 14.1. The van der Waals surface area contributed by atoms with Crippen molar-refractivity contribution in [3.05, 3.63) is 27.7 Å². The molecule has 1 aromatic carbocycles. The summed E-state index contributed by atoms with van der Waals surface area (Å²) in [5, 5.41) is 4.93. The minimum atomic E-state index is 0.213. The molecule has 1 aliphatic heterocycles. The normalized spacial score (nSPS) is 17.7. The van der Waals surface area contributed by atoms with Gasteiger partial charge in [0.05, 0.1) is 12.1 Å². The number of hydrogen-bond acceptors (Lipinski definition) is 3. The molecule has 0 aliphatic carbocycles. The first-order valence-electron chi connectivity index (χ1n) is 7.51. The molecule has 1 N–H and O–H groups in total. The molecular weight excluding hydrogens is 309 g/mol. The molecule has 0 saturated carbocycles. The van der Waals surface area contributed by atoms with E-state index >= 15 is 0 Å². The van der Waals surface area contributed by atoms with Crippen LogP contribution in [0.4, 0.5) is 0 Å². The van der Waals surface area contributed by atoms with Crippen molar-refractivity contribution in [2.45, 2.75) is 32.2 Å². The molecule has 2 rings (SSSR count). The van der Waals surface area contributed by atoms with Gasteiger partial charge in [0.15, 0.2) is 0 Å². The maximum absolute atomic E-state index is 6.46. The van der Waals surface area contributed by atoms with Gasteiger partial charge in [-0.25, -0.2) is 0 Å². The summed E-state index contributed by atoms with van der Waals surface area (Å²) in [6.45, 7) is 4.76. The molecule has 1 heterocycles. The van der Waals surface area contributed by atoms with Gasteiger partial charge in [-0.15, -0.1) is 0 Å². The lowest BCUT2D eigenvalue weighted by molar-refractivity contribution is 0.0536. The molecule has 1 aliphatic rings. The summed E-state index contributed by atoms with van der Waals surface area (Å²) >= 11 is 12.7. The van der Waals surface area contributed by atoms with Gasteiger partial charge in [0.25, 0.3) is 0 Å². The highest BCUT2D eigenvalue weighted by Gasteiger charge is 2.27. The van der Waals surface area contributed by atoms with Crippen molar-refractivity contribution in [1.29, 1.82) is 0 Å². The molecule has 0 aromatic heterocycles. The number of ether oxygens (including phenoxy) is 2. The van der Waals surface area contributed by atoms with Crippen molar-refractivity contribution in [2.75, 3.05) is 26.9 Å². The highest BCUT2D eigenvalue weighted by Crippen LogP contribution is 2.38. The number of hydrogen-bond donors (Lipinski definition) is 1. The minimum Gasteiger partial charge on any atom is -0.495 e. The van der Waals surface area contributed by atoms with Crippen molar-refractivity contribution in [2.24, 2.45) is 5.92 Å². The lowest BCUT2D eigenvalue weighted by atomic mass is 9.87. The maximum atomic E-state index is 6.46. The van der Waals surface area contributed by atoms with Crippen LogP contribution in [0.25, 0.3) is 0 Å². The van der Waals surface area contributed by atoms with Crippen molar-refractivity contribution < 1.29 is 9.47 Å². The Labute approximate surface area is 136 Å². The number of methoxy groups -OCH3 is 1. The third-order valence-corrected chi connectivity index (χ3v) is 4.58. The van der Waals surface area contributed by atoms with Crippen LogP contribution in [0, 0.1) is 5.92 Å². The summed E-state index contributed by atoms with van der Waals surface area (Å²) in [5.41, 5.74) is 1.06. The summed E-state index contributed by atoms with van der Waals surface area (Å²) in [6.07, 6.45) is 3.17. The van der Waals surface area contributed by atoms with Crippen molar-refractivity contribution >= 4 is 23.2 Å². The fourth-order valence-electron chi connectivity index (χ4n) is 2.82. The molecule has 1 aromatic rings. The van der Waals surface area contributed by atoms with Crippen LogP contribution in [0.3, 0.4) is 0 Å². The molecule has 118 valence electrons. The Morgan fingerprint density at radius 3 is 2.62 bits per heavy atom. The van der Waals surface area contributed by atoms with Crippen LogP contribution < -0.4 is 10.1 Å². The zero-order chi connectivity index (χ0) is 15.2. The molecule has 0 bridgehead atoms. The third kappa shape index (κ3) is 4.26. The molecule has 0 radical (unpaired) electrons. The summed E-state index contributed by atoms with van der Waals surface area (Å²) in [7, 11) is 1.60. The van der Waals surface area contributed by atoms with Crippen LogP contribution in [-0.2, 0) is 4.74 Å². The number of benzene rings is 1. The topological polar surface area (TPSA) is 30.5 Å². The Morgan fingerprint density at radius 1 is 1.29 bits per heavy atom. The molecule has 21 heavy (non-hydrogen) atoms. The van der Waals surface area contributed by atoms with E-state index in [-0.39, 0.29) is 6.04 Å². The van der Waals surface area contributed by atoms with Gasteiger partial charge >= 0.3 is 0 Å². The average Bonchev–Trinajstić information content (AvgIpc) is 2.51. The van der Waals surface area contributed by atoms with Crippen LogP contribution in [-0.4, -0.2) is 26.9 Å². The Bertz CT molecular complexity index is 462. The van der Waals surface area contributed by atoms with Gasteiger partial charge in [0.1, 0.15) is 5.75 Å². The van der Waals surface area contributed by atoms with Gasteiger partial charge in [-0.3, -0.25) is 0 Å². The van der Waals surface area contributed by atoms with E-state index in [0.29, 0.717) is 21.7 Å². The van der Waals surface area contributed by atoms with Crippen molar-refractivity contribution in [3.63, 3.8) is 0 Å². The minimum absolute atomic E-state index is 0.213. The fourth-order valence-corrected chi connectivity index (χ4v) is 3.34. The summed E-state index contributed by atoms with van der Waals surface area (Å²) in [6, 6.07) is 3.95. The number of rotatable bonds is 6. The van der Waals surface area contributed by atoms with E-state index in [1.54, 1.807) is 13.2 Å². The predicted octanol–water partition coefficient (Wildman–Crippen LogP) is 4.47. The molecular formula is C16H23Cl2NO2. The van der Waals surface area contributed by atoms with Gasteiger partial charge in [0, 0.05) is 30.3 Å². The van der Waals surface area contributed by atoms with Gasteiger partial charge in [-0.05, 0) is 43.4 Å². The van der Waals surface area contributed by atoms with Gasteiger partial charge in [-0.1, -0.05) is 30.1 Å². The lowest BCUT2D eigenvalue weighted by Crippen LogP contribution is -2.32. The molecule has 0 spiro atoms. The SMILES string of the molecule is CCCNC(c1cc(Cl)c(OC)cc1Cl)C1CCOCC1. The Morgan fingerprint density at radius 2 is 2.00 bits per heavy atom. The first kappa shape index (κ1) is 16.9. The molecule has 1 unspecified atom stereocenters. The van der Waals surface area contributed by atoms with Crippen LogP contribution in [0.5, 0.6) is 5.75 Å². The highest BCUT2D eigenvalue weighted by atomic mass is 35.5. The molecule has 0 amide bonds. The second kappa shape index (κ2) is 8.23. The van der Waals surface area contributed by atoms with Crippen LogP contribution in [0.1, 0.15) is 37.8 Å². The number of nitrogens with one attached hydrogen (secondary N) is 1. The summed E-state index contributed by atoms with van der Waals surface area (Å²) < 4.78 is 10.7. The van der Waals surface area contributed by atoms with E-state index in [9.17, 15) is 0 Å². The largest absolute Gasteiger partial charge is 0.495 e. The standard InChI is InChI=1S/C16H23Cl2NO2/c1-3-6-19-16(11-4-7-21-8-5-11)12-9-14(18)15(20-2)10-13(12)17/h9-11,16,19H,3-8H2,1-2H3. The van der Waals surface area contributed by atoms with Gasteiger partial charge in [-0.2, -0.15) is 0 Å². The van der Waals surface area contributed by atoms with Gasteiger partial charge in [0.2, 0.25) is 0 Å². The van der Waals surface area contributed by atoms with E-state index in [1.807, 2.05) is 6.07 Å². The van der Waals surface area contributed by atoms with Gasteiger partial charge < -0.3 is 14.8 Å².